The van der Waals surface area contributed by atoms with Crippen LogP contribution in [0.5, 0.6) is 17.2 Å². The maximum atomic E-state index is 10.8. The van der Waals surface area contributed by atoms with Gasteiger partial charge in [-0.3, -0.25) is 0 Å². The molecule has 0 heterocycles. The molecule has 0 fully saturated rings. The van der Waals surface area contributed by atoms with Gasteiger partial charge >= 0.3 is 0 Å². The molecule has 0 spiro atoms. The fourth-order valence-electron chi connectivity index (χ4n) is 1.97. The van der Waals surface area contributed by atoms with Crippen LogP contribution in [0.25, 0.3) is 0 Å². The van der Waals surface area contributed by atoms with Crippen LogP contribution < -0.4 is 19.8 Å². The molecular weight excluding hydrogens is 592 g/mol. The van der Waals surface area contributed by atoms with Gasteiger partial charge in [0.05, 0.1) is 13.1 Å². The molecule has 0 unspecified atom stereocenters. The second-order valence-electron chi connectivity index (χ2n) is 5.17. The number of halogens is 2. The van der Waals surface area contributed by atoms with E-state index in [4.69, 9.17) is 4.74 Å². The van der Waals surface area contributed by atoms with Gasteiger partial charge in [0.1, 0.15) is 17.5 Å². The topological polar surface area (TPSA) is 143 Å². The Morgan fingerprint density at radius 1 is 1.12 bits per heavy atom. The number of hydrogen-bond acceptors (Lipinski definition) is 7. The fourth-order valence-corrected chi connectivity index (χ4v) is 3.77. The summed E-state index contributed by atoms with van der Waals surface area (Å²) >= 11 is 3.88. The summed E-state index contributed by atoms with van der Waals surface area (Å²) in [5, 5.41) is 10.8. The Bertz CT molecular complexity index is 934. The summed E-state index contributed by atoms with van der Waals surface area (Å²) in [5.41, 5.74) is 4.30. The number of aliphatic carboxylic acids is 1. The molecule has 26 heavy (non-hydrogen) atoms. The Hall–Kier alpha value is -1.16. The van der Waals surface area contributed by atoms with E-state index in [1.54, 1.807) is 18.2 Å². The first-order valence-corrected chi connectivity index (χ1v) is 10.5. The minimum atomic E-state index is -4.85. The highest BCUT2D eigenvalue weighted by Crippen LogP contribution is 2.32. The lowest BCUT2D eigenvalue weighted by atomic mass is 10.1. The summed E-state index contributed by atoms with van der Waals surface area (Å²) in [6.07, 6.45) is 0.242. The van der Waals surface area contributed by atoms with Crippen LogP contribution in [-0.2, 0) is 21.6 Å². The number of carbonyl (C=O) groups is 1. The minimum Gasteiger partial charge on any atom is -0.716 e. The molecule has 0 aliphatic carbocycles. The number of carboxylic acid groups (broad SMARTS) is 1. The van der Waals surface area contributed by atoms with Crippen molar-refractivity contribution < 1.29 is 37.5 Å². The monoisotopic (exact) mass is 604 g/mol. The van der Waals surface area contributed by atoms with E-state index in [-0.39, 0.29) is 12.2 Å². The number of benzene rings is 2. The lowest BCUT2D eigenvalue weighted by molar-refractivity contribution is -0.437. The van der Waals surface area contributed by atoms with Crippen molar-refractivity contribution in [2.75, 3.05) is 0 Å². The van der Waals surface area contributed by atoms with Crippen LogP contribution in [0.3, 0.4) is 0 Å². The lowest BCUT2D eigenvalue weighted by Crippen LogP contribution is -2.69. The third-order valence-electron chi connectivity index (χ3n) is 3.13. The van der Waals surface area contributed by atoms with Gasteiger partial charge in [0.2, 0.25) is 0 Å². The van der Waals surface area contributed by atoms with E-state index in [0.29, 0.717) is 15.1 Å². The van der Waals surface area contributed by atoms with Crippen LogP contribution in [0.15, 0.2) is 36.4 Å². The molecule has 0 aromatic heterocycles. The molecule has 3 N–H and O–H groups in total. The maximum Gasteiger partial charge on any atom is 0.262 e. The molecule has 0 saturated carbocycles. The van der Waals surface area contributed by atoms with E-state index >= 15 is 0 Å². The van der Waals surface area contributed by atoms with Crippen molar-refractivity contribution in [1.29, 1.82) is 0 Å². The van der Waals surface area contributed by atoms with E-state index in [9.17, 15) is 22.9 Å². The standard InChI is InChI=1S/C15H13I2NO7S/c16-10-5-8(6-12(18)15(19)20)1-3-13(10)24-9-2-4-14(11(17)7-9)25-26(21,22)23/h1-5,7,12H,6,18H2,(H,19,20)(H,21,22,23)/p-1/t12-/m0/s1. The zero-order chi connectivity index (χ0) is 19.5. The Balaban J connectivity index is 2.16. The zero-order valence-corrected chi connectivity index (χ0v) is 18.1. The number of ether oxygens (including phenoxy) is 1. The molecule has 1 atom stereocenters. The normalized spacial score (nSPS) is 12.5. The van der Waals surface area contributed by atoms with Gasteiger partial charge in [0.25, 0.3) is 10.4 Å². The van der Waals surface area contributed by atoms with Gasteiger partial charge < -0.3 is 29.1 Å². The van der Waals surface area contributed by atoms with Crippen molar-refractivity contribution in [1.82, 2.24) is 0 Å². The second-order valence-corrected chi connectivity index (χ2v) is 8.48. The number of quaternary nitrogens is 1. The highest BCUT2D eigenvalue weighted by Gasteiger charge is 2.12. The third kappa shape index (κ3) is 6.22. The number of rotatable bonds is 7. The fraction of sp³-hybridized carbons (Fsp3) is 0.133. The molecule has 0 radical (unpaired) electrons. The molecule has 0 saturated heterocycles. The molecular formula is C15H12I2NO7S-. The molecule has 2 aromatic rings. The molecule has 2 aromatic carbocycles. The van der Waals surface area contributed by atoms with Gasteiger partial charge in [-0.2, -0.15) is 0 Å². The Morgan fingerprint density at radius 2 is 1.73 bits per heavy atom. The van der Waals surface area contributed by atoms with E-state index in [0.717, 1.165) is 9.13 Å². The molecule has 11 heteroatoms. The van der Waals surface area contributed by atoms with Crippen LogP contribution in [0.1, 0.15) is 5.56 Å². The van der Waals surface area contributed by atoms with Gasteiger partial charge in [0.15, 0.2) is 5.75 Å². The second kappa shape index (κ2) is 8.69. The Kier molecular flexibility index (Phi) is 7.06. The average Bonchev–Trinajstić information content (AvgIpc) is 2.51. The van der Waals surface area contributed by atoms with Gasteiger partial charge in [-0.1, -0.05) is 6.07 Å². The van der Waals surface area contributed by atoms with Crippen molar-refractivity contribution in [2.45, 2.75) is 12.5 Å². The maximum absolute atomic E-state index is 10.8. The Morgan fingerprint density at radius 3 is 2.27 bits per heavy atom. The van der Waals surface area contributed by atoms with Crippen LogP contribution in [-0.4, -0.2) is 25.0 Å². The largest absolute Gasteiger partial charge is 0.716 e. The summed E-state index contributed by atoms with van der Waals surface area (Å²) in [6, 6.07) is 8.67. The number of hydrogen-bond donors (Lipinski definition) is 1. The molecule has 2 rings (SSSR count). The van der Waals surface area contributed by atoms with Crippen LogP contribution in [0.4, 0.5) is 0 Å². The molecule has 0 aliphatic heterocycles. The summed E-state index contributed by atoms with van der Waals surface area (Å²) in [4.78, 5) is 10.8. The predicted molar refractivity (Wildman–Crippen MR) is 104 cm³/mol. The third-order valence-corrected chi connectivity index (χ3v) is 5.20. The van der Waals surface area contributed by atoms with Crippen molar-refractivity contribution in [3.8, 4) is 17.2 Å². The first-order chi connectivity index (χ1) is 12.0. The molecule has 140 valence electrons. The molecule has 0 amide bonds. The summed E-state index contributed by atoms with van der Waals surface area (Å²) in [5.74, 6) is -0.344. The smallest absolute Gasteiger partial charge is 0.262 e. The van der Waals surface area contributed by atoms with Gasteiger partial charge in [-0.25, -0.2) is 8.42 Å². The molecule has 8 nitrogen and oxygen atoms in total. The number of carbonyl (C=O) groups excluding carboxylic acids is 1. The highest BCUT2D eigenvalue weighted by molar-refractivity contribution is 14.1. The zero-order valence-electron chi connectivity index (χ0n) is 13.0. The van der Waals surface area contributed by atoms with Gasteiger partial charge in [-0.05, 0) is 81.1 Å². The molecule has 0 bridgehead atoms. The first kappa shape index (κ1) is 21.1. The van der Waals surface area contributed by atoms with Crippen LogP contribution in [0.2, 0.25) is 0 Å². The van der Waals surface area contributed by atoms with E-state index in [2.05, 4.69) is 32.5 Å². The predicted octanol–water partition coefficient (Wildman–Crippen LogP) is 0.430. The van der Waals surface area contributed by atoms with Crippen molar-refractivity contribution in [3.63, 3.8) is 0 Å². The van der Waals surface area contributed by atoms with E-state index in [1.807, 2.05) is 22.6 Å². The minimum absolute atomic E-state index is 0.0817. The van der Waals surface area contributed by atoms with E-state index in [1.165, 1.54) is 18.2 Å². The quantitative estimate of drug-likeness (QED) is 0.275. The van der Waals surface area contributed by atoms with Crippen molar-refractivity contribution in [3.05, 3.63) is 49.1 Å². The lowest BCUT2D eigenvalue weighted by Gasteiger charge is -2.14. The SMILES string of the molecule is [NH3+][C@@H](Cc1ccc(Oc2ccc(OS(=O)(=O)[O-])c(I)c2)c(I)c1)C(=O)[O-]. The summed E-state index contributed by atoms with van der Waals surface area (Å²) in [6.45, 7) is 0. The van der Waals surface area contributed by atoms with Crippen LogP contribution in [0, 0.1) is 7.14 Å². The van der Waals surface area contributed by atoms with Gasteiger partial charge in [-0.15, -0.1) is 0 Å². The molecule has 0 aliphatic rings. The number of carboxylic acids is 1. The van der Waals surface area contributed by atoms with Gasteiger partial charge in [0, 0.05) is 6.42 Å². The average molecular weight is 604 g/mol. The summed E-state index contributed by atoms with van der Waals surface area (Å²) < 4.78 is 43.2. The van der Waals surface area contributed by atoms with Crippen molar-refractivity contribution in [2.24, 2.45) is 0 Å². The highest BCUT2D eigenvalue weighted by atomic mass is 127. The summed E-state index contributed by atoms with van der Waals surface area (Å²) in [7, 11) is -4.85. The Labute approximate surface area is 176 Å². The van der Waals surface area contributed by atoms with E-state index < -0.39 is 22.4 Å². The van der Waals surface area contributed by atoms with Crippen molar-refractivity contribution >= 4 is 61.6 Å². The first-order valence-electron chi connectivity index (χ1n) is 7.00. The van der Waals surface area contributed by atoms with Crippen LogP contribution >= 0.6 is 45.2 Å².